The second-order valence-electron chi connectivity index (χ2n) is 6.42. The molecule has 2 heterocycles. The summed E-state index contributed by atoms with van der Waals surface area (Å²) >= 11 is 5.30. The highest BCUT2D eigenvalue weighted by molar-refractivity contribution is 7.80. The molecule has 0 bridgehead atoms. The number of carbonyl (C=O) groups is 1. The predicted molar refractivity (Wildman–Crippen MR) is 97.9 cm³/mol. The Morgan fingerprint density at radius 2 is 2.08 bits per heavy atom. The monoisotopic (exact) mass is 361 g/mol. The molecule has 6 heteroatoms. The number of nitrogens with zero attached hydrogens (tertiary/aromatic N) is 1. The third kappa shape index (κ3) is 3.76. The van der Waals surface area contributed by atoms with E-state index in [2.05, 4.69) is 6.58 Å². The van der Waals surface area contributed by atoms with Gasteiger partial charge < -0.3 is 14.2 Å². The average molecular weight is 361 g/mol. The Hall–Kier alpha value is -1.76. The van der Waals surface area contributed by atoms with E-state index in [1.807, 2.05) is 30.3 Å². The smallest absolute Gasteiger partial charge is 0.266 e. The van der Waals surface area contributed by atoms with Crippen LogP contribution in [0.15, 0.2) is 43.0 Å². The quantitative estimate of drug-likeness (QED) is 0.576. The molecule has 2 aliphatic heterocycles. The zero-order valence-corrected chi connectivity index (χ0v) is 15.2. The fourth-order valence-corrected chi connectivity index (χ4v) is 3.68. The molecule has 2 aliphatic rings. The molecule has 0 saturated carbocycles. The maximum atomic E-state index is 13.3. The largest absolute Gasteiger partial charge is 0.468 e. The molecule has 5 nitrogen and oxygen atoms in total. The van der Waals surface area contributed by atoms with E-state index < -0.39 is 11.7 Å². The van der Waals surface area contributed by atoms with Crippen LogP contribution in [0, 0.1) is 5.92 Å². The highest BCUT2D eigenvalue weighted by Crippen LogP contribution is 2.34. The van der Waals surface area contributed by atoms with Crippen LogP contribution in [0.5, 0.6) is 0 Å². The molecule has 0 spiro atoms. The number of rotatable bonds is 6. The van der Waals surface area contributed by atoms with Crippen LogP contribution in [0.1, 0.15) is 18.9 Å². The maximum absolute atomic E-state index is 13.3. The van der Waals surface area contributed by atoms with E-state index >= 15 is 0 Å². The Morgan fingerprint density at radius 3 is 2.72 bits per heavy atom. The van der Waals surface area contributed by atoms with E-state index in [1.54, 1.807) is 17.9 Å². The zero-order valence-electron chi connectivity index (χ0n) is 14.3. The van der Waals surface area contributed by atoms with Crippen LogP contribution < -0.4 is 0 Å². The van der Waals surface area contributed by atoms with Crippen molar-refractivity contribution in [2.45, 2.75) is 31.6 Å². The van der Waals surface area contributed by atoms with Gasteiger partial charge in [-0.25, -0.2) is 0 Å². The molecular weight excluding hydrogens is 338 g/mol. The Morgan fingerprint density at radius 1 is 1.40 bits per heavy atom. The van der Waals surface area contributed by atoms with Crippen LogP contribution in [0.4, 0.5) is 0 Å². The lowest BCUT2D eigenvalue weighted by atomic mass is 9.93. The van der Waals surface area contributed by atoms with Crippen LogP contribution in [0.25, 0.3) is 0 Å². The molecule has 2 fully saturated rings. The lowest BCUT2D eigenvalue weighted by Gasteiger charge is -2.34. The van der Waals surface area contributed by atoms with Crippen LogP contribution in [0.2, 0.25) is 0 Å². The van der Waals surface area contributed by atoms with Crippen molar-refractivity contribution >= 4 is 23.3 Å². The first-order valence-electron chi connectivity index (χ1n) is 8.47. The summed E-state index contributed by atoms with van der Waals surface area (Å²) in [6.45, 7) is 6.93. The Kier molecular flexibility index (Phi) is 5.51. The van der Waals surface area contributed by atoms with Crippen LogP contribution in [0.3, 0.4) is 0 Å². The van der Waals surface area contributed by atoms with Crippen LogP contribution >= 0.6 is 12.2 Å². The van der Waals surface area contributed by atoms with Crippen molar-refractivity contribution in [3.8, 4) is 0 Å². The summed E-state index contributed by atoms with van der Waals surface area (Å²) in [7, 11) is 0. The SMILES string of the molecule is C=CCC(C(=O)N1C(=S)OCC1Cc1ccccc1)C1(C)OCCO1. The van der Waals surface area contributed by atoms with Gasteiger partial charge in [-0.05, 0) is 37.5 Å². The number of hydrogen-bond donors (Lipinski definition) is 0. The lowest BCUT2D eigenvalue weighted by molar-refractivity contribution is -0.190. The summed E-state index contributed by atoms with van der Waals surface area (Å²) in [5.74, 6) is -1.60. The summed E-state index contributed by atoms with van der Waals surface area (Å²) in [5, 5.41) is 0.224. The molecular formula is C19H23NO4S. The fraction of sp³-hybridized carbons (Fsp3) is 0.474. The van der Waals surface area contributed by atoms with Crippen molar-refractivity contribution in [3.63, 3.8) is 0 Å². The van der Waals surface area contributed by atoms with E-state index in [-0.39, 0.29) is 17.1 Å². The minimum Gasteiger partial charge on any atom is -0.468 e. The van der Waals surface area contributed by atoms with Crippen molar-refractivity contribution in [1.82, 2.24) is 4.90 Å². The second-order valence-corrected chi connectivity index (χ2v) is 6.77. The first kappa shape index (κ1) is 18.0. The van der Waals surface area contributed by atoms with E-state index in [4.69, 9.17) is 26.4 Å². The van der Waals surface area contributed by atoms with Gasteiger partial charge >= 0.3 is 0 Å². The van der Waals surface area contributed by atoms with Gasteiger partial charge in [0.1, 0.15) is 6.61 Å². The van der Waals surface area contributed by atoms with Crippen molar-refractivity contribution < 1.29 is 19.0 Å². The summed E-state index contributed by atoms with van der Waals surface area (Å²) in [6.07, 6.45) is 2.85. The zero-order chi connectivity index (χ0) is 17.9. The van der Waals surface area contributed by atoms with Crippen molar-refractivity contribution in [2.75, 3.05) is 19.8 Å². The Bertz CT molecular complexity index is 642. The van der Waals surface area contributed by atoms with Crippen molar-refractivity contribution in [1.29, 1.82) is 0 Å². The minimum atomic E-state index is -0.958. The molecule has 1 amide bonds. The van der Waals surface area contributed by atoms with Gasteiger partial charge in [0.2, 0.25) is 5.91 Å². The molecule has 3 rings (SSSR count). The maximum Gasteiger partial charge on any atom is 0.266 e. The number of hydrogen-bond acceptors (Lipinski definition) is 5. The van der Waals surface area contributed by atoms with Crippen molar-refractivity contribution in [2.24, 2.45) is 5.92 Å². The standard InChI is InChI=1S/C19H23NO4S/c1-3-7-16(19(2)23-10-11-24-19)17(21)20-15(13-22-18(20)25)12-14-8-5-4-6-9-14/h3-6,8-9,15-16H,1,7,10-13H2,2H3. The van der Waals surface area contributed by atoms with Gasteiger partial charge in [-0.2, -0.15) is 0 Å². The molecule has 2 unspecified atom stereocenters. The number of allylic oxidation sites excluding steroid dienone is 1. The van der Waals surface area contributed by atoms with E-state index in [0.717, 1.165) is 5.56 Å². The molecule has 0 N–H and O–H groups in total. The Balaban J connectivity index is 1.81. The summed E-state index contributed by atoms with van der Waals surface area (Å²) in [6, 6.07) is 9.89. The van der Waals surface area contributed by atoms with Gasteiger partial charge in [-0.1, -0.05) is 36.4 Å². The lowest BCUT2D eigenvalue weighted by Crippen LogP contribution is -2.50. The molecule has 0 aromatic heterocycles. The van der Waals surface area contributed by atoms with Crippen molar-refractivity contribution in [3.05, 3.63) is 48.6 Å². The predicted octanol–water partition coefficient (Wildman–Crippen LogP) is 2.70. The minimum absolute atomic E-state index is 0.125. The summed E-state index contributed by atoms with van der Waals surface area (Å²) in [4.78, 5) is 14.9. The third-order valence-electron chi connectivity index (χ3n) is 4.71. The summed E-state index contributed by atoms with van der Waals surface area (Å²) in [5.41, 5.74) is 1.14. The highest BCUT2D eigenvalue weighted by Gasteiger charge is 2.48. The molecule has 2 saturated heterocycles. The van der Waals surface area contributed by atoms with E-state index in [9.17, 15) is 4.79 Å². The molecule has 134 valence electrons. The highest BCUT2D eigenvalue weighted by atomic mass is 32.1. The molecule has 0 aliphatic carbocycles. The molecule has 25 heavy (non-hydrogen) atoms. The van der Waals surface area contributed by atoms with Gasteiger partial charge in [0.15, 0.2) is 5.79 Å². The first-order chi connectivity index (χ1) is 12.0. The summed E-state index contributed by atoms with van der Waals surface area (Å²) < 4.78 is 17.0. The van der Waals surface area contributed by atoms with Crippen LogP contribution in [-0.4, -0.2) is 47.6 Å². The second kappa shape index (κ2) is 7.64. The number of amides is 1. The van der Waals surface area contributed by atoms with E-state index in [0.29, 0.717) is 32.7 Å². The van der Waals surface area contributed by atoms with Gasteiger partial charge in [-0.3, -0.25) is 9.69 Å². The average Bonchev–Trinajstić information content (AvgIpc) is 3.20. The number of ether oxygens (including phenoxy) is 3. The first-order valence-corrected chi connectivity index (χ1v) is 8.88. The molecule has 0 radical (unpaired) electrons. The third-order valence-corrected chi connectivity index (χ3v) is 5.02. The number of thiocarbonyl (C=S) groups is 1. The molecule has 2 atom stereocenters. The van der Waals surface area contributed by atoms with Gasteiger partial charge in [0, 0.05) is 0 Å². The number of carbonyl (C=O) groups excluding carboxylic acids is 1. The van der Waals surface area contributed by atoms with Crippen LogP contribution in [-0.2, 0) is 25.4 Å². The Labute approximate surface area is 153 Å². The fourth-order valence-electron chi connectivity index (χ4n) is 3.37. The number of benzene rings is 1. The normalized spacial score (nSPS) is 23.3. The molecule has 1 aromatic rings. The van der Waals surface area contributed by atoms with Gasteiger partial charge in [-0.15, -0.1) is 6.58 Å². The van der Waals surface area contributed by atoms with Gasteiger partial charge in [0.05, 0.1) is 25.2 Å². The van der Waals surface area contributed by atoms with Gasteiger partial charge in [0.25, 0.3) is 5.17 Å². The topological polar surface area (TPSA) is 48.0 Å². The van der Waals surface area contributed by atoms with E-state index in [1.165, 1.54) is 0 Å². The molecule has 1 aromatic carbocycles.